The van der Waals surface area contributed by atoms with E-state index in [0.29, 0.717) is 17.2 Å². The van der Waals surface area contributed by atoms with Gasteiger partial charge in [0, 0.05) is 11.6 Å². The molecule has 3 aromatic rings. The molecular formula is C21H19FN2O5S. The number of anilines is 2. The van der Waals surface area contributed by atoms with Crippen LogP contribution in [0.1, 0.15) is 10.4 Å². The van der Waals surface area contributed by atoms with E-state index in [1.165, 1.54) is 56.7 Å². The molecule has 30 heavy (non-hydrogen) atoms. The summed E-state index contributed by atoms with van der Waals surface area (Å²) >= 11 is 0. The van der Waals surface area contributed by atoms with E-state index in [9.17, 15) is 17.6 Å². The molecule has 9 heteroatoms. The lowest BCUT2D eigenvalue weighted by molar-refractivity contribution is 0.102. The van der Waals surface area contributed by atoms with Gasteiger partial charge in [-0.05, 0) is 42.5 Å². The number of carbonyl (C=O) groups excluding carboxylic acids is 1. The lowest BCUT2D eigenvalue weighted by Crippen LogP contribution is -2.16. The number of halogens is 1. The number of rotatable bonds is 7. The number of amides is 1. The van der Waals surface area contributed by atoms with Crippen molar-refractivity contribution in [3.8, 4) is 11.5 Å². The second-order valence-electron chi connectivity index (χ2n) is 6.13. The molecule has 1 amide bonds. The topological polar surface area (TPSA) is 93.7 Å². The first-order valence-corrected chi connectivity index (χ1v) is 10.2. The molecule has 3 rings (SSSR count). The molecule has 0 fully saturated rings. The molecule has 0 atom stereocenters. The molecule has 0 heterocycles. The summed E-state index contributed by atoms with van der Waals surface area (Å²) in [5, 5.41) is 2.67. The minimum Gasteiger partial charge on any atom is -0.497 e. The maximum absolute atomic E-state index is 13.8. The van der Waals surface area contributed by atoms with Gasteiger partial charge in [0.1, 0.15) is 17.3 Å². The average molecular weight is 430 g/mol. The Hall–Kier alpha value is -3.59. The summed E-state index contributed by atoms with van der Waals surface area (Å²) in [6.45, 7) is 0. The van der Waals surface area contributed by atoms with Gasteiger partial charge in [-0.25, -0.2) is 12.8 Å². The maximum Gasteiger partial charge on any atom is 0.262 e. The largest absolute Gasteiger partial charge is 0.497 e. The molecule has 0 radical (unpaired) electrons. The van der Waals surface area contributed by atoms with Crippen LogP contribution in [0.25, 0.3) is 0 Å². The van der Waals surface area contributed by atoms with Gasteiger partial charge in [0.25, 0.3) is 15.9 Å². The molecule has 0 aliphatic rings. The lowest BCUT2D eigenvalue weighted by Gasteiger charge is -2.13. The van der Waals surface area contributed by atoms with Gasteiger partial charge in [-0.15, -0.1) is 0 Å². The minimum absolute atomic E-state index is 0.0938. The summed E-state index contributed by atoms with van der Waals surface area (Å²) in [5.74, 6) is -0.338. The number of sulfonamides is 1. The Morgan fingerprint density at radius 3 is 2.37 bits per heavy atom. The summed E-state index contributed by atoms with van der Waals surface area (Å²) in [7, 11) is -1.16. The van der Waals surface area contributed by atoms with Crippen LogP contribution in [0, 0.1) is 5.82 Å². The zero-order chi connectivity index (χ0) is 21.7. The van der Waals surface area contributed by atoms with Gasteiger partial charge in [-0.3, -0.25) is 9.52 Å². The highest BCUT2D eigenvalue weighted by molar-refractivity contribution is 7.92. The first-order valence-electron chi connectivity index (χ1n) is 8.75. The van der Waals surface area contributed by atoms with E-state index < -0.39 is 21.7 Å². The molecule has 2 N–H and O–H groups in total. The fourth-order valence-corrected chi connectivity index (χ4v) is 3.77. The van der Waals surface area contributed by atoms with E-state index in [2.05, 4.69) is 10.0 Å². The highest BCUT2D eigenvalue weighted by Crippen LogP contribution is 2.29. The van der Waals surface area contributed by atoms with Gasteiger partial charge in [0.2, 0.25) is 0 Å². The number of carbonyl (C=O) groups is 1. The van der Waals surface area contributed by atoms with Crippen molar-refractivity contribution in [2.45, 2.75) is 4.90 Å². The van der Waals surface area contributed by atoms with Crippen LogP contribution in [0.4, 0.5) is 15.8 Å². The Kier molecular flexibility index (Phi) is 6.22. The fraction of sp³-hybridized carbons (Fsp3) is 0.0952. The second-order valence-corrected chi connectivity index (χ2v) is 7.82. The molecule has 0 bridgehead atoms. The zero-order valence-electron chi connectivity index (χ0n) is 16.2. The maximum atomic E-state index is 13.8. The molecular weight excluding hydrogens is 411 g/mol. The third-order valence-electron chi connectivity index (χ3n) is 4.18. The van der Waals surface area contributed by atoms with Crippen LogP contribution in [-0.4, -0.2) is 28.5 Å². The van der Waals surface area contributed by atoms with Gasteiger partial charge >= 0.3 is 0 Å². The van der Waals surface area contributed by atoms with Crippen LogP contribution in [0.15, 0.2) is 71.6 Å². The first-order chi connectivity index (χ1) is 14.3. The van der Waals surface area contributed by atoms with Crippen LogP contribution >= 0.6 is 0 Å². The summed E-state index contributed by atoms with van der Waals surface area (Å²) in [5.41, 5.74) is 0.268. The molecule has 0 saturated heterocycles. The van der Waals surface area contributed by atoms with Crippen molar-refractivity contribution in [2.24, 2.45) is 0 Å². The number of hydrogen-bond acceptors (Lipinski definition) is 5. The van der Waals surface area contributed by atoms with Gasteiger partial charge in [-0.1, -0.05) is 18.2 Å². The van der Waals surface area contributed by atoms with Crippen molar-refractivity contribution in [3.63, 3.8) is 0 Å². The van der Waals surface area contributed by atoms with Crippen LogP contribution in [-0.2, 0) is 10.0 Å². The van der Waals surface area contributed by atoms with E-state index in [4.69, 9.17) is 9.47 Å². The third kappa shape index (κ3) is 4.69. The predicted molar refractivity (Wildman–Crippen MR) is 111 cm³/mol. The van der Waals surface area contributed by atoms with Crippen molar-refractivity contribution >= 4 is 27.3 Å². The lowest BCUT2D eigenvalue weighted by atomic mass is 10.2. The van der Waals surface area contributed by atoms with Crippen molar-refractivity contribution < 1.29 is 27.1 Å². The van der Waals surface area contributed by atoms with E-state index in [1.54, 1.807) is 18.2 Å². The van der Waals surface area contributed by atoms with Gasteiger partial charge < -0.3 is 14.8 Å². The SMILES string of the molecule is COc1ccc(OC)c(NC(=O)c2cccc(S(=O)(=O)Nc3ccccc3F)c2)c1. The third-order valence-corrected chi connectivity index (χ3v) is 5.54. The molecule has 0 unspecified atom stereocenters. The average Bonchev–Trinajstić information content (AvgIpc) is 2.75. The molecule has 0 saturated carbocycles. The number of methoxy groups -OCH3 is 2. The number of nitrogens with one attached hydrogen (secondary N) is 2. The monoisotopic (exact) mass is 430 g/mol. The van der Waals surface area contributed by atoms with E-state index in [0.717, 1.165) is 6.07 Å². The Bertz CT molecular complexity index is 1180. The van der Waals surface area contributed by atoms with Crippen LogP contribution < -0.4 is 19.5 Å². The molecule has 3 aromatic carbocycles. The summed E-state index contributed by atoms with van der Waals surface area (Å²) in [6.07, 6.45) is 0. The molecule has 0 aliphatic heterocycles. The zero-order valence-corrected chi connectivity index (χ0v) is 17.0. The van der Waals surface area contributed by atoms with E-state index in [-0.39, 0.29) is 16.1 Å². The highest BCUT2D eigenvalue weighted by Gasteiger charge is 2.19. The summed E-state index contributed by atoms with van der Waals surface area (Å²) in [6, 6.07) is 15.7. The number of para-hydroxylation sites is 1. The molecule has 7 nitrogen and oxygen atoms in total. The predicted octanol–water partition coefficient (Wildman–Crippen LogP) is 3.90. The Labute approximate surface area is 173 Å². The van der Waals surface area contributed by atoms with Gasteiger partial charge in [-0.2, -0.15) is 0 Å². The Balaban J connectivity index is 1.86. The van der Waals surface area contributed by atoms with Crippen molar-refractivity contribution in [1.29, 1.82) is 0 Å². The smallest absolute Gasteiger partial charge is 0.262 e. The number of hydrogen-bond donors (Lipinski definition) is 2. The second kappa shape index (κ2) is 8.83. The van der Waals surface area contributed by atoms with Crippen LogP contribution in [0.3, 0.4) is 0 Å². The fourth-order valence-electron chi connectivity index (χ4n) is 2.66. The van der Waals surface area contributed by atoms with Crippen LogP contribution in [0.5, 0.6) is 11.5 Å². The molecule has 156 valence electrons. The molecule has 0 spiro atoms. The van der Waals surface area contributed by atoms with Crippen molar-refractivity contribution in [2.75, 3.05) is 24.3 Å². The van der Waals surface area contributed by atoms with Gasteiger partial charge in [0.05, 0.1) is 30.5 Å². The normalized spacial score (nSPS) is 10.9. The summed E-state index contributed by atoms with van der Waals surface area (Å²) < 4.78 is 51.6. The molecule has 0 aliphatic carbocycles. The quantitative estimate of drug-likeness (QED) is 0.593. The van der Waals surface area contributed by atoms with E-state index in [1.807, 2.05) is 0 Å². The van der Waals surface area contributed by atoms with Crippen molar-refractivity contribution in [1.82, 2.24) is 0 Å². The highest BCUT2D eigenvalue weighted by atomic mass is 32.2. The Morgan fingerprint density at radius 2 is 1.67 bits per heavy atom. The van der Waals surface area contributed by atoms with Gasteiger partial charge in [0.15, 0.2) is 0 Å². The Morgan fingerprint density at radius 1 is 0.900 bits per heavy atom. The van der Waals surface area contributed by atoms with E-state index >= 15 is 0 Å². The standard InChI is InChI=1S/C21H19FN2O5S/c1-28-15-10-11-20(29-2)19(13-15)23-21(25)14-6-5-7-16(12-14)30(26,27)24-18-9-4-3-8-17(18)22/h3-13,24H,1-2H3,(H,23,25). The first kappa shape index (κ1) is 21.1. The minimum atomic E-state index is -4.10. The number of ether oxygens (including phenoxy) is 2. The summed E-state index contributed by atoms with van der Waals surface area (Å²) in [4.78, 5) is 12.5. The molecule has 0 aromatic heterocycles. The number of benzene rings is 3. The van der Waals surface area contributed by atoms with Crippen LogP contribution in [0.2, 0.25) is 0 Å². The van der Waals surface area contributed by atoms with Crippen molar-refractivity contribution in [3.05, 3.63) is 78.1 Å².